The largest absolute Gasteiger partial charge is 0.464 e. The molecule has 3 aromatic carbocycles. The molecule has 0 spiro atoms. The van der Waals surface area contributed by atoms with Gasteiger partial charge < -0.3 is 4.74 Å². The number of benzene rings is 3. The number of nitrogens with zero attached hydrogens (tertiary/aromatic N) is 2. The molecule has 0 aromatic heterocycles. The van der Waals surface area contributed by atoms with E-state index in [1.807, 2.05) is 60.7 Å². The van der Waals surface area contributed by atoms with Gasteiger partial charge in [-0.25, -0.2) is 4.79 Å². The molecule has 0 aliphatic carbocycles. The maximum Gasteiger partial charge on any atom is 0.354 e. The minimum Gasteiger partial charge on any atom is -0.464 e. The number of hydrogen-bond acceptors (Lipinski definition) is 5. The van der Waals surface area contributed by atoms with Crippen molar-refractivity contribution in [2.45, 2.75) is 6.42 Å². The molecule has 0 saturated carbocycles. The number of ketones is 1. The lowest BCUT2D eigenvalue weighted by atomic mass is 10.0. The number of hydrogen-bond donors (Lipinski definition) is 0. The molecule has 30 heavy (non-hydrogen) atoms. The van der Waals surface area contributed by atoms with Crippen molar-refractivity contribution in [2.75, 3.05) is 7.11 Å². The van der Waals surface area contributed by atoms with Gasteiger partial charge in [0, 0.05) is 21.2 Å². The number of methoxy groups -OCH3 is 1. The molecule has 0 aliphatic heterocycles. The summed E-state index contributed by atoms with van der Waals surface area (Å²) in [5.41, 5.74) is 2.63. The van der Waals surface area contributed by atoms with E-state index in [9.17, 15) is 9.59 Å². The normalized spacial score (nSPS) is 11.8. The van der Waals surface area contributed by atoms with Gasteiger partial charge in [0.05, 0.1) is 13.5 Å². The highest BCUT2D eigenvalue weighted by molar-refractivity contribution is 9.10. The summed E-state index contributed by atoms with van der Waals surface area (Å²) in [6.45, 7) is 0. The van der Waals surface area contributed by atoms with Crippen molar-refractivity contribution in [3.8, 4) is 0 Å². The van der Waals surface area contributed by atoms with Gasteiger partial charge in [-0.3, -0.25) is 4.79 Å². The third-order valence-electron chi connectivity index (χ3n) is 4.29. The highest BCUT2D eigenvalue weighted by atomic mass is 79.9. The highest BCUT2D eigenvalue weighted by Crippen LogP contribution is 2.21. The second-order valence-corrected chi connectivity index (χ2v) is 7.15. The Kier molecular flexibility index (Phi) is 7.40. The third-order valence-corrected chi connectivity index (χ3v) is 4.98. The first-order valence-electron chi connectivity index (χ1n) is 9.21. The summed E-state index contributed by atoms with van der Waals surface area (Å²) >= 11 is 3.54. The average Bonchev–Trinajstić information content (AvgIpc) is 2.80. The Balaban J connectivity index is 2.03. The Labute approximate surface area is 183 Å². The molecule has 0 unspecified atom stereocenters. The Morgan fingerprint density at radius 1 is 0.800 bits per heavy atom. The smallest absolute Gasteiger partial charge is 0.354 e. The van der Waals surface area contributed by atoms with E-state index in [2.05, 4.69) is 26.1 Å². The van der Waals surface area contributed by atoms with Gasteiger partial charge in [0.25, 0.3) is 0 Å². The Morgan fingerprint density at radius 3 is 1.97 bits per heavy atom. The van der Waals surface area contributed by atoms with E-state index < -0.39 is 5.97 Å². The minimum absolute atomic E-state index is 0.0631. The molecule has 0 atom stereocenters. The summed E-state index contributed by atoms with van der Waals surface area (Å²) in [7, 11) is 1.25. The van der Waals surface area contributed by atoms with E-state index in [1.54, 1.807) is 24.3 Å². The molecule has 6 heteroatoms. The van der Waals surface area contributed by atoms with Crippen LogP contribution in [-0.2, 0) is 9.53 Å². The molecule has 0 fully saturated rings. The van der Waals surface area contributed by atoms with Crippen LogP contribution in [0.2, 0.25) is 0 Å². The molecule has 3 aromatic rings. The van der Waals surface area contributed by atoms with Crippen molar-refractivity contribution >= 4 is 39.1 Å². The molecule has 0 radical (unpaired) electrons. The second kappa shape index (κ2) is 10.4. The summed E-state index contributed by atoms with van der Waals surface area (Å²) in [6, 6.07) is 25.8. The Bertz CT molecular complexity index is 1090. The number of rotatable bonds is 7. The molecule has 150 valence electrons. The Morgan fingerprint density at radius 2 is 1.37 bits per heavy atom. The zero-order valence-electron chi connectivity index (χ0n) is 16.3. The monoisotopic (exact) mass is 462 g/mol. The van der Waals surface area contributed by atoms with Crippen LogP contribution in [0.5, 0.6) is 0 Å². The molecule has 0 heterocycles. The molecule has 0 N–H and O–H groups in total. The zero-order chi connectivity index (χ0) is 21.3. The molecule has 3 rings (SSSR count). The second-order valence-electron chi connectivity index (χ2n) is 6.30. The van der Waals surface area contributed by atoms with Gasteiger partial charge in [0.1, 0.15) is 5.71 Å². The third kappa shape index (κ3) is 5.36. The molecular formula is C24H19BrN2O3. The van der Waals surface area contributed by atoms with Crippen LogP contribution in [0.1, 0.15) is 27.9 Å². The van der Waals surface area contributed by atoms with Crippen molar-refractivity contribution in [3.05, 3.63) is 106 Å². The lowest BCUT2D eigenvalue weighted by Gasteiger charge is -2.08. The number of ether oxygens (including phenoxy) is 1. The summed E-state index contributed by atoms with van der Waals surface area (Å²) in [6.07, 6.45) is -0.210. The fraction of sp³-hybridized carbons (Fsp3) is 0.0833. The molecular weight excluding hydrogens is 444 g/mol. The maximum atomic E-state index is 12.6. The molecule has 0 bridgehead atoms. The van der Waals surface area contributed by atoms with Gasteiger partial charge in [-0.15, -0.1) is 10.2 Å². The van der Waals surface area contributed by atoms with Crippen LogP contribution in [0.4, 0.5) is 0 Å². The minimum atomic E-state index is -0.692. The van der Waals surface area contributed by atoms with Crippen LogP contribution < -0.4 is 0 Å². The van der Waals surface area contributed by atoms with E-state index >= 15 is 0 Å². The van der Waals surface area contributed by atoms with Crippen molar-refractivity contribution in [1.82, 2.24) is 0 Å². The zero-order valence-corrected chi connectivity index (χ0v) is 17.9. The van der Waals surface area contributed by atoms with Crippen LogP contribution in [0.15, 0.2) is 99.6 Å². The number of Topliss-reactive ketones (excluding diaryl/α,β-unsaturated/α-hetero) is 1. The summed E-state index contributed by atoms with van der Waals surface area (Å²) in [4.78, 5) is 24.8. The molecule has 0 amide bonds. The Hall–Kier alpha value is -3.38. The van der Waals surface area contributed by atoms with Gasteiger partial charge in [0.2, 0.25) is 0 Å². The number of halogens is 1. The van der Waals surface area contributed by atoms with Gasteiger partial charge in [-0.1, -0.05) is 94.8 Å². The van der Waals surface area contributed by atoms with E-state index in [4.69, 9.17) is 4.74 Å². The molecule has 0 aliphatic rings. The summed E-state index contributed by atoms with van der Waals surface area (Å²) < 4.78 is 5.65. The van der Waals surface area contributed by atoms with Crippen molar-refractivity contribution < 1.29 is 14.3 Å². The van der Waals surface area contributed by atoms with E-state index in [0.717, 1.165) is 15.6 Å². The first kappa shape index (κ1) is 21.3. The SMILES string of the molecule is COC(=O)/C(CC(=O)c1ccccc1)=N/N=C(\c1ccccc1)c1ccccc1Br. The number of esters is 1. The predicted molar refractivity (Wildman–Crippen MR) is 121 cm³/mol. The standard InChI is InChI=1S/C24H19BrN2O3/c1-30-24(29)21(16-22(28)17-10-4-2-5-11-17)26-27-23(18-12-6-3-7-13-18)19-14-8-9-15-20(19)25/h2-15H,16H2,1H3/b26-21+,27-23+. The molecule has 0 saturated heterocycles. The number of carbonyl (C=O) groups is 2. The lowest BCUT2D eigenvalue weighted by Crippen LogP contribution is -2.20. The quantitative estimate of drug-likeness (QED) is 0.212. The van der Waals surface area contributed by atoms with Gasteiger partial charge in [-0.2, -0.15) is 0 Å². The fourth-order valence-corrected chi connectivity index (χ4v) is 3.24. The van der Waals surface area contributed by atoms with Crippen molar-refractivity contribution in [3.63, 3.8) is 0 Å². The predicted octanol–water partition coefficient (Wildman–Crippen LogP) is 5.09. The first-order chi connectivity index (χ1) is 14.6. The maximum absolute atomic E-state index is 12.6. The van der Waals surface area contributed by atoms with Gasteiger partial charge in [-0.05, 0) is 6.07 Å². The lowest BCUT2D eigenvalue weighted by molar-refractivity contribution is -0.132. The number of carbonyl (C=O) groups excluding carboxylic acids is 2. The van der Waals surface area contributed by atoms with Crippen molar-refractivity contribution in [2.24, 2.45) is 10.2 Å². The van der Waals surface area contributed by atoms with E-state index in [-0.39, 0.29) is 17.9 Å². The van der Waals surface area contributed by atoms with Gasteiger partial charge in [0.15, 0.2) is 11.5 Å². The van der Waals surface area contributed by atoms with E-state index in [0.29, 0.717) is 11.3 Å². The topological polar surface area (TPSA) is 68.1 Å². The van der Waals surface area contributed by atoms with Crippen LogP contribution in [-0.4, -0.2) is 30.3 Å². The summed E-state index contributed by atoms with van der Waals surface area (Å²) in [5.74, 6) is -0.931. The highest BCUT2D eigenvalue weighted by Gasteiger charge is 2.18. The summed E-state index contributed by atoms with van der Waals surface area (Å²) in [5, 5.41) is 8.51. The average molecular weight is 463 g/mol. The van der Waals surface area contributed by atoms with Crippen LogP contribution >= 0.6 is 15.9 Å². The van der Waals surface area contributed by atoms with Crippen LogP contribution in [0, 0.1) is 0 Å². The first-order valence-corrected chi connectivity index (χ1v) is 10.0. The fourth-order valence-electron chi connectivity index (χ4n) is 2.77. The van der Waals surface area contributed by atoms with Gasteiger partial charge >= 0.3 is 5.97 Å². The van der Waals surface area contributed by atoms with Crippen LogP contribution in [0.25, 0.3) is 0 Å². The molecule has 5 nitrogen and oxygen atoms in total. The van der Waals surface area contributed by atoms with Crippen LogP contribution in [0.3, 0.4) is 0 Å². The van der Waals surface area contributed by atoms with E-state index in [1.165, 1.54) is 7.11 Å². The van der Waals surface area contributed by atoms with Crippen molar-refractivity contribution in [1.29, 1.82) is 0 Å².